The molecule has 1 unspecified atom stereocenters. The van der Waals surface area contributed by atoms with Crippen LogP contribution in [0.15, 0.2) is 53.1 Å². The average Bonchev–Trinajstić information content (AvgIpc) is 3.34. The third-order valence-electron chi connectivity index (χ3n) is 5.46. The third kappa shape index (κ3) is 3.06. The molecule has 2 aromatic carbocycles. The van der Waals surface area contributed by atoms with Gasteiger partial charge in [-0.05, 0) is 48.4 Å². The first-order chi connectivity index (χ1) is 14.5. The minimum absolute atomic E-state index is 0.214. The van der Waals surface area contributed by atoms with Crippen LogP contribution in [0.4, 0.5) is 4.39 Å². The Bertz CT molecular complexity index is 1190. The molecule has 7 nitrogen and oxygen atoms in total. The van der Waals surface area contributed by atoms with Crippen molar-refractivity contribution in [1.29, 1.82) is 0 Å². The molecule has 0 saturated carbocycles. The van der Waals surface area contributed by atoms with E-state index in [1.807, 2.05) is 6.07 Å². The number of aromatic nitrogens is 1. The second kappa shape index (κ2) is 6.91. The number of nitrogens with zero attached hydrogens (tertiary/aromatic N) is 2. The summed E-state index contributed by atoms with van der Waals surface area (Å²) in [6, 6.07) is 12.4. The molecular weight excluding hydrogens is 389 g/mol. The van der Waals surface area contributed by atoms with Gasteiger partial charge in [-0.15, -0.1) is 0 Å². The molecule has 2 aliphatic rings. The van der Waals surface area contributed by atoms with Crippen molar-refractivity contribution in [1.82, 2.24) is 15.4 Å². The molecule has 2 aliphatic heterocycles. The number of hydrogen-bond acceptors (Lipinski definition) is 5. The summed E-state index contributed by atoms with van der Waals surface area (Å²) in [7, 11) is 0. The van der Waals surface area contributed by atoms with Crippen molar-refractivity contribution in [3.63, 3.8) is 0 Å². The molecule has 0 aliphatic carbocycles. The van der Waals surface area contributed by atoms with Gasteiger partial charge in [-0.3, -0.25) is 19.7 Å². The van der Waals surface area contributed by atoms with Crippen LogP contribution in [0.2, 0.25) is 0 Å². The molecule has 8 heteroatoms. The van der Waals surface area contributed by atoms with Crippen LogP contribution in [0.25, 0.3) is 22.6 Å². The highest BCUT2D eigenvalue weighted by Crippen LogP contribution is 2.32. The van der Waals surface area contributed by atoms with E-state index in [0.29, 0.717) is 23.4 Å². The van der Waals surface area contributed by atoms with E-state index in [1.165, 1.54) is 17.0 Å². The first kappa shape index (κ1) is 18.2. The summed E-state index contributed by atoms with van der Waals surface area (Å²) in [4.78, 5) is 37.8. The van der Waals surface area contributed by atoms with Gasteiger partial charge in [0, 0.05) is 35.7 Å². The van der Waals surface area contributed by atoms with Gasteiger partial charge in [0.2, 0.25) is 11.8 Å². The Hall–Kier alpha value is -3.81. The van der Waals surface area contributed by atoms with Crippen molar-refractivity contribution in [2.45, 2.75) is 25.4 Å². The third-order valence-corrected chi connectivity index (χ3v) is 5.46. The van der Waals surface area contributed by atoms with Crippen LogP contribution < -0.4 is 5.32 Å². The minimum Gasteiger partial charge on any atom is -0.356 e. The van der Waals surface area contributed by atoms with Gasteiger partial charge < -0.3 is 9.42 Å². The fraction of sp³-hybridized carbons (Fsp3) is 0.182. The number of carbonyl (C=O) groups is 3. The fourth-order valence-electron chi connectivity index (χ4n) is 3.90. The topological polar surface area (TPSA) is 92.5 Å². The lowest BCUT2D eigenvalue weighted by Gasteiger charge is -2.29. The molecule has 1 aromatic heterocycles. The Morgan fingerprint density at radius 2 is 1.80 bits per heavy atom. The van der Waals surface area contributed by atoms with Crippen LogP contribution in [0, 0.1) is 5.82 Å². The maximum atomic E-state index is 13.1. The normalized spacial score (nSPS) is 18.5. The van der Waals surface area contributed by atoms with E-state index >= 15 is 0 Å². The van der Waals surface area contributed by atoms with Crippen LogP contribution in [0.1, 0.15) is 28.8 Å². The number of carbonyl (C=O) groups excluding carboxylic acids is 3. The largest absolute Gasteiger partial charge is 0.356 e. The maximum Gasteiger partial charge on any atom is 0.255 e. The number of amides is 3. The summed E-state index contributed by atoms with van der Waals surface area (Å²) in [6.07, 6.45) is 0.534. The lowest BCUT2D eigenvalue weighted by Crippen LogP contribution is -2.52. The van der Waals surface area contributed by atoms with Gasteiger partial charge in [-0.2, -0.15) is 0 Å². The van der Waals surface area contributed by atoms with Crippen molar-refractivity contribution in [3.8, 4) is 22.6 Å². The Morgan fingerprint density at radius 3 is 2.57 bits per heavy atom. The van der Waals surface area contributed by atoms with Gasteiger partial charge in [0.1, 0.15) is 17.6 Å². The highest BCUT2D eigenvalue weighted by molar-refractivity contribution is 6.05. The van der Waals surface area contributed by atoms with Crippen molar-refractivity contribution in [2.75, 3.05) is 0 Å². The van der Waals surface area contributed by atoms with E-state index in [-0.39, 0.29) is 30.6 Å². The van der Waals surface area contributed by atoms with Gasteiger partial charge in [-0.1, -0.05) is 11.2 Å². The van der Waals surface area contributed by atoms with Gasteiger partial charge in [0.25, 0.3) is 5.91 Å². The second-order valence-corrected chi connectivity index (χ2v) is 7.36. The highest BCUT2D eigenvalue weighted by Gasteiger charge is 2.39. The molecule has 1 atom stereocenters. The van der Waals surface area contributed by atoms with E-state index in [9.17, 15) is 18.8 Å². The van der Waals surface area contributed by atoms with Crippen molar-refractivity contribution >= 4 is 17.7 Å². The van der Waals surface area contributed by atoms with Crippen molar-refractivity contribution in [3.05, 3.63) is 65.5 Å². The van der Waals surface area contributed by atoms with E-state index in [0.717, 1.165) is 16.7 Å². The van der Waals surface area contributed by atoms with Gasteiger partial charge in [0.15, 0.2) is 5.76 Å². The summed E-state index contributed by atoms with van der Waals surface area (Å²) in [5.41, 5.74) is 3.36. The summed E-state index contributed by atoms with van der Waals surface area (Å²) < 4.78 is 18.6. The van der Waals surface area contributed by atoms with E-state index in [2.05, 4.69) is 10.5 Å². The predicted octanol–water partition coefficient (Wildman–Crippen LogP) is 2.91. The number of imide groups is 1. The monoisotopic (exact) mass is 405 g/mol. The zero-order valence-electron chi connectivity index (χ0n) is 15.7. The van der Waals surface area contributed by atoms with Crippen molar-refractivity contribution in [2.24, 2.45) is 0 Å². The molecule has 1 saturated heterocycles. The molecule has 1 N–H and O–H groups in total. The van der Waals surface area contributed by atoms with Crippen LogP contribution in [-0.4, -0.2) is 33.8 Å². The number of fused-ring (bicyclic) bond motifs is 1. The molecule has 3 heterocycles. The summed E-state index contributed by atoms with van der Waals surface area (Å²) in [5.74, 6) is -0.789. The summed E-state index contributed by atoms with van der Waals surface area (Å²) >= 11 is 0. The van der Waals surface area contributed by atoms with Gasteiger partial charge in [-0.25, -0.2) is 4.39 Å². The number of piperidine rings is 1. The number of rotatable bonds is 3. The Kier molecular flexibility index (Phi) is 4.20. The van der Waals surface area contributed by atoms with Crippen LogP contribution in [-0.2, 0) is 16.1 Å². The average molecular weight is 405 g/mol. The van der Waals surface area contributed by atoms with Crippen LogP contribution in [0.3, 0.4) is 0 Å². The molecule has 5 rings (SSSR count). The van der Waals surface area contributed by atoms with Gasteiger partial charge in [0.05, 0.1) is 0 Å². The van der Waals surface area contributed by atoms with E-state index < -0.39 is 11.9 Å². The summed E-state index contributed by atoms with van der Waals surface area (Å²) in [6.45, 7) is 0.285. The number of nitrogens with one attached hydrogen (secondary N) is 1. The molecule has 3 aromatic rings. The fourth-order valence-corrected chi connectivity index (χ4v) is 3.90. The first-order valence-electron chi connectivity index (χ1n) is 9.50. The molecule has 1 fully saturated rings. The maximum absolute atomic E-state index is 13.1. The number of benzene rings is 2. The molecule has 150 valence electrons. The quantitative estimate of drug-likeness (QED) is 0.677. The zero-order chi connectivity index (χ0) is 20.8. The molecule has 0 radical (unpaired) electrons. The standard InChI is InChI=1S/C22H16FN3O4/c23-15-4-1-12(2-5-15)17-10-19(30-25-17)13-3-6-16-14(9-13)11-26(22(16)29)18-7-8-20(27)24-21(18)28/h1-6,9-10,18H,7-8,11H2,(H,24,27,28). The molecule has 3 amide bonds. The van der Waals surface area contributed by atoms with Gasteiger partial charge >= 0.3 is 0 Å². The Balaban J connectivity index is 1.40. The van der Waals surface area contributed by atoms with Crippen LogP contribution in [0.5, 0.6) is 0 Å². The van der Waals surface area contributed by atoms with E-state index in [4.69, 9.17) is 4.52 Å². The second-order valence-electron chi connectivity index (χ2n) is 7.36. The lowest BCUT2D eigenvalue weighted by atomic mass is 10.0. The SMILES string of the molecule is O=C1CCC(N2Cc3cc(-c4cc(-c5ccc(F)cc5)no4)ccc3C2=O)C(=O)N1. The van der Waals surface area contributed by atoms with Crippen LogP contribution >= 0.6 is 0 Å². The predicted molar refractivity (Wildman–Crippen MR) is 103 cm³/mol. The minimum atomic E-state index is -0.651. The van der Waals surface area contributed by atoms with E-state index in [1.54, 1.807) is 30.3 Å². The first-order valence-corrected chi connectivity index (χ1v) is 9.50. The molecule has 30 heavy (non-hydrogen) atoms. The number of halogens is 1. The summed E-state index contributed by atoms with van der Waals surface area (Å²) in [5, 5.41) is 6.34. The molecule has 0 bridgehead atoms. The smallest absolute Gasteiger partial charge is 0.255 e. The molecule has 0 spiro atoms. The van der Waals surface area contributed by atoms with Crippen molar-refractivity contribution < 1.29 is 23.3 Å². The zero-order valence-corrected chi connectivity index (χ0v) is 15.7. The highest BCUT2D eigenvalue weighted by atomic mass is 19.1. The lowest BCUT2D eigenvalue weighted by molar-refractivity contribution is -0.136. The molecular formula is C22H16FN3O4. The Morgan fingerprint density at radius 1 is 1.03 bits per heavy atom. The number of hydrogen-bond donors (Lipinski definition) is 1. The Labute approximate surface area is 170 Å².